The second-order valence-electron chi connectivity index (χ2n) is 5.72. The Kier molecular flexibility index (Phi) is 4.06. The molecule has 0 saturated carbocycles. The maximum atomic E-state index is 12.0. The molecule has 0 bridgehead atoms. The van der Waals surface area contributed by atoms with Crippen LogP contribution in [0.4, 0.5) is 11.9 Å². The second-order valence-corrected chi connectivity index (χ2v) is 5.72. The number of hydrogen-bond acceptors (Lipinski definition) is 5. The lowest BCUT2D eigenvalue weighted by molar-refractivity contribution is -0.117. The minimum atomic E-state index is -0.396. The van der Waals surface area contributed by atoms with Gasteiger partial charge >= 0.3 is 0 Å². The standard InChI is InChI=1S/C18H15N5O3/c24-15(9-8-13-7-4-10-26-13)19-17-21-18-20-16(25)11-14(23(18)22-17)12-5-2-1-3-6-12/h1-10,14H,11H2,(H2,19,20,21,22,24,25)/b9-8+. The highest BCUT2D eigenvalue weighted by Gasteiger charge is 2.29. The van der Waals surface area contributed by atoms with Crippen molar-refractivity contribution < 1.29 is 14.0 Å². The van der Waals surface area contributed by atoms with Gasteiger partial charge in [0.05, 0.1) is 18.7 Å². The van der Waals surface area contributed by atoms with Crippen LogP contribution in [0.1, 0.15) is 23.8 Å². The van der Waals surface area contributed by atoms with E-state index >= 15 is 0 Å². The number of carbonyl (C=O) groups is 2. The Balaban J connectivity index is 1.55. The summed E-state index contributed by atoms with van der Waals surface area (Å²) in [5.41, 5.74) is 0.948. The summed E-state index contributed by atoms with van der Waals surface area (Å²) in [5.74, 6) is 0.451. The van der Waals surface area contributed by atoms with Crippen molar-refractivity contribution in [3.63, 3.8) is 0 Å². The van der Waals surface area contributed by atoms with Gasteiger partial charge in [-0.2, -0.15) is 4.98 Å². The van der Waals surface area contributed by atoms with Crippen LogP contribution in [0.5, 0.6) is 0 Å². The summed E-state index contributed by atoms with van der Waals surface area (Å²) in [5, 5.41) is 9.59. The molecule has 1 atom stereocenters. The zero-order valence-corrected chi connectivity index (χ0v) is 13.6. The number of benzene rings is 1. The summed E-state index contributed by atoms with van der Waals surface area (Å²) in [7, 11) is 0. The zero-order chi connectivity index (χ0) is 17.9. The highest BCUT2D eigenvalue weighted by atomic mass is 16.3. The van der Waals surface area contributed by atoms with E-state index in [1.807, 2.05) is 30.3 Å². The monoisotopic (exact) mass is 349 g/mol. The Labute approximate surface area is 148 Å². The van der Waals surface area contributed by atoms with Crippen molar-refractivity contribution in [2.75, 3.05) is 10.6 Å². The SMILES string of the molecule is O=C(/C=C/c1ccco1)Nc1nc2n(n1)C(c1ccccc1)CC(=O)N2. The van der Waals surface area contributed by atoms with Gasteiger partial charge in [0.25, 0.3) is 11.9 Å². The summed E-state index contributed by atoms with van der Waals surface area (Å²) in [6, 6.07) is 12.8. The maximum Gasteiger partial charge on any atom is 0.250 e. The molecule has 0 aliphatic carbocycles. The minimum absolute atomic E-state index is 0.122. The number of fused-ring (bicyclic) bond motifs is 1. The fraction of sp³-hybridized carbons (Fsp3) is 0.111. The Bertz CT molecular complexity index is 960. The number of nitrogens with one attached hydrogen (secondary N) is 2. The van der Waals surface area contributed by atoms with Crippen molar-refractivity contribution in [3.8, 4) is 0 Å². The largest absolute Gasteiger partial charge is 0.465 e. The smallest absolute Gasteiger partial charge is 0.250 e. The number of carbonyl (C=O) groups excluding carboxylic acids is 2. The summed E-state index contributed by atoms with van der Waals surface area (Å²) in [6.07, 6.45) is 4.65. The van der Waals surface area contributed by atoms with Crippen molar-refractivity contribution in [2.45, 2.75) is 12.5 Å². The van der Waals surface area contributed by atoms with Crippen LogP contribution in [-0.2, 0) is 9.59 Å². The molecule has 26 heavy (non-hydrogen) atoms. The molecule has 8 heteroatoms. The molecule has 2 aromatic heterocycles. The lowest BCUT2D eigenvalue weighted by atomic mass is 10.0. The molecule has 4 rings (SSSR count). The average molecular weight is 349 g/mol. The Morgan fingerprint density at radius 2 is 2.12 bits per heavy atom. The summed E-state index contributed by atoms with van der Waals surface area (Å²) in [4.78, 5) is 28.2. The van der Waals surface area contributed by atoms with Gasteiger partial charge in [-0.1, -0.05) is 30.3 Å². The molecular weight excluding hydrogens is 334 g/mol. The third-order valence-corrected chi connectivity index (χ3v) is 3.92. The molecule has 1 aliphatic rings. The Hall–Kier alpha value is -3.68. The van der Waals surface area contributed by atoms with Gasteiger partial charge in [0.2, 0.25) is 11.9 Å². The predicted molar refractivity (Wildman–Crippen MR) is 94.2 cm³/mol. The van der Waals surface area contributed by atoms with Crippen molar-refractivity contribution in [2.24, 2.45) is 0 Å². The van der Waals surface area contributed by atoms with E-state index in [9.17, 15) is 9.59 Å². The molecule has 0 saturated heterocycles. The molecule has 0 spiro atoms. The fourth-order valence-corrected chi connectivity index (χ4v) is 2.75. The molecular formula is C18H15N5O3. The van der Waals surface area contributed by atoms with E-state index in [2.05, 4.69) is 20.7 Å². The summed E-state index contributed by atoms with van der Waals surface area (Å²) in [6.45, 7) is 0. The fourth-order valence-electron chi connectivity index (χ4n) is 2.75. The third kappa shape index (κ3) is 3.25. The molecule has 0 radical (unpaired) electrons. The van der Waals surface area contributed by atoms with E-state index < -0.39 is 5.91 Å². The first-order valence-electron chi connectivity index (χ1n) is 8.03. The number of anilines is 2. The molecule has 1 aliphatic heterocycles. The maximum absolute atomic E-state index is 12.0. The van der Waals surface area contributed by atoms with Crippen LogP contribution < -0.4 is 10.6 Å². The lowest BCUT2D eigenvalue weighted by Gasteiger charge is -2.23. The summed E-state index contributed by atoms with van der Waals surface area (Å²) < 4.78 is 6.74. The zero-order valence-electron chi connectivity index (χ0n) is 13.6. The molecule has 3 aromatic rings. The third-order valence-electron chi connectivity index (χ3n) is 3.92. The Morgan fingerprint density at radius 1 is 1.27 bits per heavy atom. The van der Waals surface area contributed by atoms with Crippen molar-refractivity contribution in [1.29, 1.82) is 0 Å². The van der Waals surface area contributed by atoms with E-state index in [0.717, 1.165) is 5.56 Å². The van der Waals surface area contributed by atoms with Gasteiger partial charge in [-0.3, -0.25) is 20.2 Å². The normalized spacial score (nSPS) is 16.3. The van der Waals surface area contributed by atoms with E-state index in [1.54, 1.807) is 22.9 Å². The van der Waals surface area contributed by atoms with Crippen molar-refractivity contribution in [3.05, 3.63) is 66.1 Å². The van der Waals surface area contributed by atoms with Gasteiger partial charge in [-0.25, -0.2) is 4.68 Å². The molecule has 1 unspecified atom stereocenters. The molecule has 0 fully saturated rings. The van der Waals surface area contributed by atoms with Crippen molar-refractivity contribution in [1.82, 2.24) is 14.8 Å². The highest BCUT2D eigenvalue weighted by Crippen LogP contribution is 2.29. The van der Waals surface area contributed by atoms with Gasteiger partial charge in [0.1, 0.15) is 5.76 Å². The molecule has 1 aromatic carbocycles. The topological polar surface area (TPSA) is 102 Å². The van der Waals surface area contributed by atoms with E-state index in [-0.39, 0.29) is 24.3 Å². The predicted octanol–water partition coefficient (Wildman–Crippen LogP) is 2.45. The van der Waals surface area contributed by atoms with E-state index in [1.165, 1.54) is 12.3 Å². The van der Waals surface area contributed by atoms with Crippen LogP contribution in [0.25, 0.3) is 6.08 Å². The molecule has 130 valence electrons. The number of furan rings is 1. The molecule has 8 nitrogen and oxygen atoms in total. The van der Waals surface area contributed by atoms with Crippen LogP contribution in [0, 0.1) is 0 Å². The van der Waals surface area contributed by atoms with Crippen LogP contribution in [0.2, 0.25) is 0 Å². The number of rotatable bonds is 4. The van der Waals surface area contributed by atoms with Gasteiger partial charge in [-0.15, -0.1) is 5.10 Å². The average Bonchev–Trinajstić information content (AvgIpc) is 3.29. The molecule has 2 amide bonds. The van der Waals surface area contributed by atoms with Crippen LogP contribution >= 0.6 is 0 Å². The Morgan fingerprint density at radius 3 is 2.88 bits per heavy atom. The van der Waals surface area contributed by atoms with Gasteiger partial charge in [-0.05, 0) is 23.8 Å². The van der Waals surface area contributed by atoms with Crippen molar-refractivity contribution >= 4 is 29.8 Å². The number of nitrogens with zero attached hydrogens (tertiary/aromatic N) is 3. The minimum Gasteiger partial charge on any atom is -0.465 e. The first-order chi connectivity index (χ1) is 12.7. The van der Waals surface area contributed by atoms with Gasteiger partial charge in [0, 0.05) is 6.08 Å². The lowest BCUT2D eigenvalue weighted by Crippen LogP contribution is -2.29. The van der Waals surface area contributed by atoms with E-state index in [4.69, 9.17) is 4.42 Å². The van der Waals surface area contributed by atoms with Crippen LogP contribution in [0.3, 0.4) is 0 Å². The van der Waals surface area contributed by atoms with Crippen LogP contribution in [0.15, 0.2) is 59.2 Å². The quantitative estimate of drug-likeness (QED) is 0.705. The number of amides is 2. The van der Waals surface area contributed by atoms with Gasteiger partial charge < -0.3 is 4.42 Å². The molecule has 2 N–H and O–H groups in total. The molecule has 3 heterocycles. The summed E-state index contributed by atoms with van der Waals surface area (Å²) >= 11 is 0. The first kappa shape index (κ1) is 15.8. The highest BCUT2D eigenvalue weighted by molar-refractivity contribution is 6.01. The van der Waals surface area contributed by atoms with Crippen LogP contribution in [-0.4, -0.2) is 26.6 Å². The number of hydrogen-bond donors (Lipinski definition) is 2. The number of aromatic nitrogens is 3. The van der Waals surface area contributed by atoms with E-state index in [0.29, 0.717) is 11.7 Å². The first-order valence-corrected chi connectivity index (χ1v) is 8.03. The second kappa shape index (κ2) is 6.67. The van der Waals surface area contributed by atoms with Gasteiger partial charge in [0.15, 0.2) is 0 Å².